The van der Waals surface area contributed by atoms with Gasteiger partial charge in [-0.3, -0.25) is 9.10 Å². The molecule has 0 bridgehead atoms. The Hall–Kier alpha value is -3.82. The van der Waals surface area contributed by atoms with E-state index >= 15 is 0 Å². The van der Waals surface area contributed by atoms with Crippen molar-refractivity contribution in [1.82, 2.24) is 5.43 Å². The van der Waals surface area contributed by atoms with Gasteiger partial charge < -0.3 is 4.74 Å². The lowest BCUT2D eigenvalue weighted by molar-refractivity contribution is -0.119. The van der Waals surface area contributed by atoms with Crippen molar-refractivity contribution in [3.05, 3.63) is 95.6 Å². The van der Waals surface area contributed by atoms with Crippen molar-refractivity contribution in [2.45, 2.75) is 29.6 Å². The molecule has 0 atom stereocenters. The summed E-state index contributed by atoms with van der Waals surface area (Å²) in [5.74, 6) is 0.0534. The number of hydrogen-bond acceptors (Lipinski definition) is 6. The highest BCUT2D eigenvalue weighted by Gasteiger charge is 2.27. The van der Waals surface area contributed by atoms with Crippen LogP contribution in [0.1, 0.15) is 23.6 Å². The summed E-state index contributed by atoms with van der Waals surface area (Å²) in [4.78, 5) is 14.0. The molecule has 0 radical (unpaired) electrons. The molecule has 9 heteroatoms. The minimum absolute atomic E-state index is 0.0957. The smallest absolute Gasteiger partial charge is 0.264 e. The van der Waals surface area contributed by atoms with Gasteiger partial charge >= 0.3 is 0 Å². The van der Waals surface area contributed by atoms with Crippen molar-refractivity contribution in [2.24, 2.45) is 5.10 Å². The molecular formula is C30H29N3O4S2. The van der Waals surface area contributed by atoms with Crippen LogP contribution in [0.15, 0.2) is 93.8 Å². The zero-order valence-electron chi connectivity index (χ0n) is 21.8. The first kappa shape index (κ1) is 26.8. The number of amides is 1. The molecule has 0 saturated heterocycles. The molecule has 1 aliphatic carbocycles. The Kier molecular flexibility index (Phi) is 7.90. The number of nitrogens with zero attached hydrogens (tertiary/aromatic N) is 2. The molecule has 7 nitrogen and oxygen atoms in total. The van der Waals surface area contributed by atoms with E-state index in [0.717, 1.165) is 33.0 Å². The van der Waals surface area contributed by atoms with Crippen LogP contribution in [0, 0.1) is 0 Å². The third kappa shape index (κ3) is 5.65. The van der Waals surface area contributed by atoms with Gasteiger partial charge in [0.05, 0.1) is 23.4 Å². The number of anilines is 1. The number of nitrogens with one attached hydrogen (secondary N) is 1. The lowest BCUT2D eigenvalue weighted by atomic mass is 10.0. The lowest BCUT2D eigenvalue weighted by Crippen LogP contribution is -2.39. The highest BCUT2D eigenvalue weighted by atomic mass is 32.2. The van der Waals surface area contributed by atoms with Gasteiger partial charge in [0.15, 0.2) is 0 Å². The van der Waals surface area contributed by atoms with E-state index in [1.807, 2.05) is 25.3 Å². The Balaban J connectivity index is 1.38. The van der Waals surface area contributed by atoms with E-state index in [1.54, 1.807) is 54.7 Å². The molecule has 0 fully saturated rings. The SMILES string of the molecule is CCOc1ccc(N(CC(=O)N/N=C\c2ccc3c4c(cccc24)CC3)S(=O)(=O)c2ccc(SC)cc2)cc1. The number of hydrazone groups is 1. The first-order valence-corrected chi connectivity index (χ1v) is 15.3. The standard InChI is InChI=1S/C30H29N3O4S2/c1-3-37-25-13-11-24(12-14-25)33(39(35,36)27-17-15-26(38-2)16-18-27)20-29(34)32-31-19-23-10-9-22-8-7-21-5-4-6-28(23)30(21)22/h4-6,9-19H,3,7-8,20H2,1-2H3,(H,32,34)/b31-19-. The number of carbonyl (C=O) groups excluding carboxylic acids is 1. The number of hydrogen-bond donors (Lipinski definition) is 1. The molecule has 4 aromatic rings. The third-order valence-electron chi connectivity index (χ3n) is 6.67. The Bertz CT molecular complexity index is 1620. The summed E-state index contributed by atoms with van der Waals surface area (Å²) >= 11 is 1.52. The van der Waals surface area contributed by atoms with Crippen LogP contribution in [0.5, 0.6) is 5.75 Å². The van der Waals surface area contributed by atoms with Crippen molar-refractivity contribution in [3.63, 3.8) is 0 Å². The fourth-order valence-corrected chi connectivity index (χ4v) is 6.62. The van der Waals surface area contributed by atoms with Gasteiger partial charge in [-0.1, -0.05) is 30.3 Å². The molecule has 1 amide bonds. The van der Waals surface area contributed by atoms with E-state index in [0.29, 0.717) is 18.0 Å². The van der Waals surface area contributed by atoms with E-state index in [-0.39, 0.29) is 4.90 Å². The second kappa shape index (κ2) is 11.5. The minimum atomic E-state index is -4.04. The molecule has 0 saturated carbocycles. The maximum Gasteiger partial charge on any atom is 0.264 e. The molecular weight excluding hydrogens is 530 g/mol. The largest absolute Gasteiger partial charge is 0.494 e. The van der Waals surface area contributed by atoms with Gasteiger partial charge in [-0.05, 0) is 96.5 Å². The van der Waals surface area contributed by atoms with E-state index < -0.39 is 22.5 Å². The summed E-state index contributed by atoms with van der Waals surface area (Å²) in [6, 6.07) is 23.6. The topological polar surface area (TPSA) is 88.1 Å². The third-order valence-corrected chi connectivity index (χ3v) is 9.21. The van der Waals surface area contributed by atoms with Gasteiger partial charge in [0.2, 0.25) is 0 Å². The van der Waals surface area contributed by atoms with Gasteiger partial charge in [-0.25, -0.2) is 13.8 Å². The fourth-order valence-electron chi connectivity index (χ4n) is 4.79. The number of rotatable bonds is 10. The molecule has 0 unspecified atom stereocenters. The van der Waals surface area contributed by atoms with Crippen LogP contribution in [-0.4, -0.2) is 39.9 Å². The predicted molar refractivity (Wildman–Crippen MR) is 157 cm³/mol. The number of ether oxygens (including phenoxy) is 1. The molecule has 0 aliphatic heterocycles. The molecule has 1 aliphatic rings. The predicted octanol–water partition coefficient (Wildman–Crippen LogP) is 5.40. The van der Waals surface area contributed by atoms with Gasteiger partial charge in [-0.15, -0.1) is 11.8 Å². The maximum atomic E-state index is 13.7. The molecule has 0 heterocycles. The number of thioether (sulfide) groups is 1. The Morgan fingerprint density at radius 1 is 1.00 bits per heavy atom. The van der Waals surface area contributed by atoms with Crippen molar-refractivity contribution >= 4 is 50.4 Å². The van der Waals surface area contributed by atoms with Crippen LogP contribution in [-0.2, 0) is 27.7 Å². The second-order valence-electron chi connectivity index (χ2n) is 9.06. The number of benzene rings is 4. The molecule has 1 N–H and O–H groups in total. The second-order valence-corrected chi connectivity index (χ2v) is 11.8. The van der Waals surface area contributed by atoms with Crippen molar-refractivity contribution in [1.29, 1.82) is 0 Å². The zero-order valence-corrected chi connectivity index (χ0v) is 23.4. The molecule has 39 heavy (non-hydrogen) atoms. The fraction of sp³-hybridized carbons (Fsp3) is 0.200. The van der Waals surface area contributed by atoms with Gasteiger partial charge in [0.1, 0.15) is 12.3 Å². The first-order chi connectivity index (χ1) is 18.9. The lowest BCUT2D eigenvalue weighted by Gasteiger charge is -2.24. The molecule has 0 spiro atoms. The van der Waals surface area contributed by atoms with E-state index in [1.165, 1.54) is 28.3 Å². The van der Waals surface area contributed by atoms with Crippen molar-refractivity contribution in [3.8, 4) is 5.75 Å². The average molecular weight is 560 g/mol. The van der Waals surface area contributed by atoms with Gasteiger partial charge in [0.25, 0.3) is 15.9 Å². The highest BCUT2D eigenvalue weighted by Crippen LogP contribution is 2.32. The minimum Gasteiger partial charge on any atom is -0.494 e. The summed E-state index contributed by atoms with van der Waals surface area (Å²) < 4.78 is 33.9. The molecule has 0 aromatic heterocycles. The number of aryl methyl sites for hydroxylation is 2. The monoisotopic (exact) mass is 559 g/mol. The van der Waals surface area contributed by atoms with Gasteiger partial charge in [0, 0.05) is 10.5 Å². The Morgan fingerprint density at radius 2 is 1.72 bits per heavy atom. The van der Waals surface area contributed by atoms with Crippen LogP contribution in [0.25, 0.3) is 10.8 Å². The van der Waals surface area contributed by atoms with E-state index in [2.05, 4.69) is 28.7 Å². The van der Waals surface area contributed by atoms with Crippen LogP contribution >= 0.6 is 11.8 Å². The number of carbonyl (C=O) groups is 1. The van der Waals surface area contributed by atoms with Crippen LogP contribution in [0.3, 0.4) is 0 Å². The zero-order chi connectivity index (χ0) is 27.4. The molecule has 5 rings (SSSR count). The maximum absolute atomic E-state index is 13.7. The van der Waals surface area contributed by atoms with Gasteiger partial charge in [-0.2, -0.15) is 5.10 Å². The van der Waals surface area contributed by atoms with Crippen molar-refractivity contribution < 1.29 is 17.9 Å². The van der Waals surface area contributed by atoms with Crippen LogP contribution < -0.4 is 14.5 Å². The summed E-state index contributed by atoms with van der Waals surface area (Å²) in [6.45, 7) is 1.92. The highest BCUT2D eigenvalue weighted by molar-refractivity contribution is 7.98. The Labute approximate surface area is 232 Å². The number of sulfonamides is 1. The first-order valence-electron chi connectivity index (χ1n) is 12.7. The summed E-state index contributed by atoms with van der Waals surface area (Å²) in [5, 5.41) is 6.51. The summed E-state index contributed by atoms with van der Waals surface area (Å²) in [7, 11) is -4.04. The van der Waals surface area contributed by atoms with Crippen LogP contribution in [0.2, 0.25) is 0 Å². The molecule has 200 valence electrons. The molecule has 4 aromatic carbocycles. The summed E-state index contributed by atoms with van der Waals surface area (Å²) in [6.07, 6.45) is 5.58. The van der Waals surface area contributed by atoms with Crippen molar-refractivity contribution in [2.75, 3.05) is 23.7 Å². The van der Waals surface area contributed by atoms with E-state index in [4.69, 9.17) is 4.74 Å². The quantitative estimate of drug-likeness (QED) is 0.160. The average Bonchev–Trinajstić information content (AvgIpc) is 3.38. The normalized spacial score (nSPS) is 12.7. The van der Waals surface area contributed by atoms with E-state index in [9.17, 15) is 13.2 Å². The Morgan fingerprint density at radius 3 is 2.41 bits per heavy atom. The summed E-state index contributed by atoms with van der Waals surface area (Å²) in [5.41, 5.74) is 6.39. The van der Waals surface area contributed by atoms with Crippen LogP contribution in [0.4, 0.5) is 5.69 Å².